The minimum Gasteiger partial charge on any atom is -0.481 e. The SMILES string of the molecule is C=CC=CC(C(=O)O)c1cccc(F)c1. The average molecular weight is 206 g/mol. The first-order valence-electron chi connectivity index (χ1n) is 4.42. The van der Waals surface area contributed by atoms with Gasteiger partial charge < -0.3 is 5.11 Å². The number of carbonyl (C=O) groups is 1. The predicted octanol–water partition coefficient (Wildman–Crippen LogP) is 2.74. The second-order valence-corrected chi connectivity index (χ2v) is 2.99. The van der Waals surface area contributed by atoms with Gasteiger partial charge in [-0.15, -0.1) is 0 Å². The summed E-state index contributed by atoms with van der Waals surface area (Å²) in [5, 5.41) is 8.94. The van der Waals surface area contributed by atoms with Crippen LogP contribution in [-0.4, -0.2) is 11.1 Å². The summed E-state index contributed by atoms with van der Waals surface area (Å²) < 4.78 is 12.9. The fourth-order valence-electron chi connectivity index (χ4n) is 1.23. The normalized spacial score (nSPS) is 12.6. The van der Waals surface area contributed by atoms with Gasteiger partial charge in [0.2, 0.25) is 0 Å². The van der Waals surface area contributed by atoms with Crippen molar-refractivity contribution in [3.05, 3.63) is 60.5 Å². The maximum atomic E-state index is 12.9. The molecule has 0 saturated carbocycles. The Morgan fingerprint density at radius 3 is 2.80 bits per heavy atom. The fourth-order valence-corrected chi connectivity index (χ4v) is 1.23. The third kappa shape index (κ3) is 3.06. The van der Waals surface area contributed by atoms with Crippen LogP contribution in [0.5, 0.6) is 0 Å². The molecule has 1 unspecified atom stereocenters. The highest BCUT2D eigenvalue weighted by atomic mass is 19.1. The van der Waals surface area contributed by atoms with Crippen LogP contribution in [-0.2, 0) is 4.79 Å². The minimum atomic E-state index is -1.02. The van der Waals surface area contributed by atoms with E-state index in [-0.39, 0.29) is 0 Å². The molecule has 1 aromatic rings. The number of carboxylic acid groups (broad SMARTS) is 1. The number of aliphatic carboxylic acids is 1. The van der Waals surface area contributed by atoms with Crippen LogP contribution in [0.25, 0.3) is 0 Å². The Morgan fingerprint density at radius 2 is 2.27 bits per heavy atom. The second kappa shape index (κ2) is 5.10. The number of hydrogen-bond donors (Lipinski definition) is 1. The van der Waals surface area contributed by atoms with Crippen LogP contribution in [0.2, 0.25) is 0 Å². The Bertz CT molecular complexity index is 396. The predicted molar refractivity (Wildman–Crippen MR) is 56.1 cm³/mol. The van der Waals surface area contributed by atoms with Crippen LogP contribution < -0.4 is 0 Å². The number of rotatable bonds is 4. The van der Waals surface area contributed by atoms with Crippen LogP contribution in [0.4, 0.5) is 4.39 Å². The van der Waals surface area contributed by atoms with Crippen LogP contribution in [0.3, 0.4) is 0 Å². The van der Waals surface area contributed by atoms with E-state index in [2.05, 4.69) is 6.58 Å². The van der Waals surface area contributed by atoms with E-state index >= 15 is 0 Å². The summed E-state index contributed by atoms with van der Waals surface area (Å²) >= 11 is 0. The van der Waals surface area contributed by atoms with Crippen molar-refractivity contribution in [2.75, 3.05) is 0 Å². The first kappa shape index (κ1) is 11.2. The van der Waals surface area contributed by atoms with E-state index in [0.29, 0.717) is 5.56 Å². The molecule has 78 valence electrons. The van der Waals surface area contributed by atoms with Gasteiger partial charge in [-0.2, -0.15) is 0 Å². The molecule has 1 rings (SSSR count). The zero-order valence-corrected chi connectivity index (χ0v) is 8.06. The molecule has 0 aromatic heterocycles. The van der Waals surface area contributed by atoms with Crippen molar-refractivity contribution >= 4 is 5.97 Å². The second-order valence-electron chi connectivity index (χ2n) is 2.99. The summed E-state index contributed by atoms with van der Waals surface area (Å²) in [6, 6.07) is 5.56. The maximum absolute atomic E-state index is 12.9. The molecule has 1 aromatic carbocycles. The van der Waals surface area contributed by atoms with Gasteiger partial charge in [0.25, 0.3) is 0 Å². The molecular formula is C12H11FO2. The third-order valence-electron chi connectivity index (χ3n) is 1.91. The van der Waals surface area contributed by atoms with Gasteiger partial charge in [0, 0.05) is 0 Å². The highest BCUT2D eigenvalue weighted by Gasteiger charge is 2.16. The molecule has 0 bridgehead atoms. The first-order chi connectivity index (χ1) is 7.15. The van der Waals surface area contributed by atoms with Crippen molar-refractivity contribution < 1.29 is 14.3 Å². The molecule has 0 fully saturated rings. The Hall–Kier alpha value is -1.90. The minimum absolute atomic E-state index is 0.417. The molecule has 0 radical (unpaired) electrons. The Kier molecular flexibility index (Phi) is 3.80. The fraction of sp³-hybridized carbons (Fsp3) is 0.0833. The summed E-state index contributed by atoms with van der Waals surface area (Å²) in [4.78, 5) is 10.9. The lowest BCUT2D eigenvalue weighted by Gasteiger charge is -2.07. The van der Waals surface area contributed by atoms with Crippen LogP contribution in [0.15, 0.2) is 49.1 Å². The molecule has 0 saturated heterocycles. The topological polar surface area (TPSA) is 37.3 Å². The number of allylic oxidation sites excluding steroid dienone is 2. The molecular weight excluding hydrogens is 195 g/mol. The van der Waals surface area contributed by atoms with E-state index in [0.717, 1.165) is 0 Å². The zero-order chi connectivity index (χ0) is 11.3. The largest absolute Gasteiger partial charge is 0.481 e. The number of carboxylic acids is 1. The molecule has 0 spiro atoms. The lowest BCUT2D eigenvalue weighted by Crippen LogP contribution is -2.08. The van der Waals surface area contributed by atoms with E-state index in [9.17, 15) is 9.18 Å². The summed E-state index contributed by atoms with van der Waals surface area (Å²) in [6.07, 6.45) is 4.48. The van der Waals surface area contributed by atoms with E-state index in [1.165, 1.54) is 36.4 Å². The van der Waals surface area contributed by atoms with Crippen molar-refractivity contribution in [3.63, 3.8) is 0 Å². The number of benzene rings is 1. The van der Waals surface area contributed by atoms with Gasteiger partial charge >= 0.3 is 5.97 Å². The Morgan fingerprint density at radius 1 is 1.53 bits per heavy atom. The van der Waals surface area contributed by atoms with Crippen LogP contribution >= 0.6 is 0 Å². The summed E-state index contributed by atoms with van der Waals surface area (Å²) in [5.74, 6) is -2.29. The summed E-state index contributed by atoms with van der Waals surface area (Å²) in [5.41, 5.74) is 0.417. The molecule has 0 aliphatic carbocycles. The van der Waals surface area contributed by atoms with Crippen molar-refractivity contribution in [2.45, 2.75) is 5.92 Å². The van der Waals surface area contributed by atoms with Gasteiger partial charge in [-0.1, -0.05) is 36.9 Å². The molecule has 0 amide bonds. The average Bonchev–Trinajstić information content (AvgIpc) is 2.18. The van der Waals surface area contributed by atoms with Crippen molar-refractivity contribution in [1.29, 1.82) is 0 Å². The zero-order valence-electron chi connectivity index (χ0n) is 8.06. The summed E-state index contributed by atoms with van der Waals surface area (Å²) in [7, 11) is 0. The Balaban J connectivity index is 3.04. The van der Waals surface area contributed by atoms with Gasteiger partial charge in [0.05, 0.1) is 0 Å². The maximum Gasteiger partial charge on any atom is 0.314 e. The standard InChI is InChI=1S/C12H11FO2/c1-2-3-7-11(12(14)15)9-5-4-6-10(13)8-9/h2-8,11H,1H2,(H,14,15). The van der Waals surface area contributed by atoms with E-state index in [1.807, 2.05) is 0 Å². The molecule has 3 heteroatoms. The van der Waals surface area contributed by atoms with Gasteiger partial charge in [-0.3, -0.25) is 4.79 Å². The smallest absolute Gasteiger partial charge is 0.314 e. The molecule has 0 aliphatic rings. The molecule has 0 heterocycles. The Labute approximate surface area is 87.4 Å². The van der Waals surface area contributed by atoms with E-state index in [4.69, 9.17) is 5.11 Å². The quantitative estimate of drug-likeness (QED) is 0.769. The monoisotopic (exact) mass is 206 g/mol. The van der Waals surface area contributed by atoms with Crippen molar-refractivity contribution in [2.24, 2.45) is 0 Å². The first-order valence-corrected chi connectivity index (χ1v) is 4.42. The lowest BCUT2D eigenvalue weighted by molar-refractivity contribution is -0.137. The number of halogens is 1. The van der Waals surface area contributed by atoms with Crippen LogP contribution in [0.1, 0.15) is 11.5 Å². The summed E-state index contributed by atoms with van der Waals surface area (Å²) in [6.45, 7) is 3.45. The van der Waals surface area contributed by atoms with Gasteiger partial charge in [-0.05, 0) is 17.7 Å². The van der Waals surface area contributed by atoms with Gasteiger partial charge in [-0.25, -0.2) is 4.39 Å². The molecule has 1 atom stereocenters. The highest BCUT2D eigenvalue weighted by Crippen LogP contribution is 2.18. The van der Waals surface area contributed by atoms with Crippen LogP contribution in [0, 0.1) is 5.82 Å². The van der Waals surface area contributed by atoms with Gasteiger partial charge in [0.1, 0.15) is 11.7 Å². The highest BCUT2D eigenvalue weighted by molar-refractivity contribution is 5.78. The van der Waals surface area contributed by atoms with E-state index in [1.54, 1.807) is 6.07 Å². The van der Waals surface area contributed by atoms with Gasteiger partial charge in [0.15, 0.2) is 0 Å². The van der Waals surface area contributed by atoms with Crippen molar-refractivity contribution in [3.8, 4) is 0 Å². The molecule has 1 N–H and O–H groups in total. The lowest BCUT2D eigenvalue weighted by atomic mass is 9.99. The molecule has 0 aliphatic heterocycles. The molecule has 15 heavy (non-hydrogen) atoms. The molecule has 2 nitrogen and oxygen atoms in total. The van der Waals surface area contributed by atoms with E-state index < -0.39 is 17.7 Å². The van der Waals surface area contributed by atoms with Crippen molar-refractivity contribution in [1.82, 2.24) is 0 Å². The number of hydrogen-bond acceptors (Lipinski definition) is 1. The third-order valence-corrected chi connectivity index (χ3v) is 1.91.